The minimum Gasteiger partial charge on any atom is -0.509 e. The molecule has 0 radical (unpaired) electrons. The number of hydrogen-bond donors (Lipinski definition) is 3. The zero-order valence-electron chi connectivity index (χ0n) is 10.9. The summed E-state index contributed by atoms with van der Waals surface area (Å²) in [4.78, 5) is 26.2. The molecule has 1 aromatic heterocycles. The highest BCUT2D eigenvalue weighted by Gasteiger charge is 2.34. The summed E-state index contributed by atoms with van der Waals surface area (Å²) < 4.78 is 0. The lowest BCUT2D eigenvalue weighted by atomic mass is 10.0. The molecule has 102 valence electrons. The van der Waals surface area contributed by atoms with Crippen molar-refractivity contribution in [2.45, 2.75) is 19.4 Å². The smallest absolute Gasteiger partial charge is 0.259 e. The first-order chi connectivity index (χ1) is 9.58. The number of fused-ring (bicyclic) bond motifs is 1. The monoisotopic (exact) mass is 270 g/mol. The van der Waals surface area contributed by atoms with Gasteiger partial charge in [-0.05, 0) is 18.6 Å². The second-order valence-corrected chi connectivity index (χ2v) is 4.91. The lowest BCUT2D eigenvalue weighted by Crippen LogP contribution is -2.31. The molecule has 2 heterocycles. The molecule has 0 spiro atoms. The van der Waals surface area contributed by atoms with Crippen molar-refractivity contribution in [2.75, 3.05) is 0 Å². The topological polar surface area (TPSA) is 82.2 Å². The van der Waals surface area contributed by atoms with E-state index in [2.05, 4.69) is 10.3 Å². The number of benzene rings is 1. The number of rotatable bonds is 3. The van der Waals surface area contributed by atoms with Crippen LogP contribution in [0.2, 0.25) is 0 Å². The van der Waals surface area contributed by atoms with Gasteiger partial charge in [0.25, 0.3) is 5.91 Å². The van der Waals surface area contributed by atoms with Gasteiger partial charge in [0, 0.05) is 23.5 Å². The summed E-state index contributed by atoms with van der Waals surface area (Å²) in [6, 6.07) is 7.27. The van der Waals surface area contributed by atoms with Gasteiger partial charge in [-0.2, -0.15) is 0 Å². The molecule has 5 nitrogen and oxygen atoms in total. The molecule has 0 fully saturated rings. The summed E-state index contributed by atoms with van der Waals surface area (Å²) in [5.41, 5.74) is 1.86. The largest absolute Gasteiger partial charge is 0.509 e. The minimum atomic E-state index is -0.541. The lowest BCUT2D eigenvalue weighted by Gasteiger charge is -2.10. The van der Waals surface area contributed by atoms with Crippen molar-refractivity contribution < 1.29 is 14.7 Å². The number of aromatic nitrogens is 1. The zero-order chi connectivity index (χ0) is 14.3. The third-order valence-electron chi connectivity index (χ3n) is 3.57. The maximum atomic E-state index is 11.7. The van der Waals surface area contributed by atoms with Crippen molar-refractivity contribution in [3.05, 3.63) is 47.4 Å². The number of para-hydroxylation sites is 1. The number of aromatic amines is 1. The molecule has 20 heavy (non-hydrogen) atoms. The summed E-state index contributed by atoms with van der Waals surface area (Å²) in [6.07, 6.45) is 2.30. The Morgan fingerprint density at radius 2 is 2.10 bits per heavy atom. The normalized spacial score (nSPS) is 18.6. The summed E-state index contributed by atoms with van der Waals surface area (Å²) in [5, 5.41) is 13.7. The van der Waals surface area contributed by atoms with Crippen molar-refractivity contribution >= 4 is 22.6 Å². The van der Waals surface area contributed by atoms with Gasteiger partial charge < -0.3 is 15.4 Å². The Morgan fingerprint density at radius 3 is 2.80 bits per heavy atom. The van der Waals surface area contributed by atoms with Gasteiger partial charge >= 0.3 is 0 Å². The average Bonchev–Trinajstić information content (AvgIpc) is 2.93. The molecular weight excluding hydrogens is 256 g/mol. The van der Waals surface area contributed by atoms with Crippen LogP contribution in [0.25, 0.3) is 10.9 Å². The van der Waals surface area contributed by atoms with Gasteiger partial charge in [-0.3, -0.25) is 9.59 Å². The van der Waals surface area contributed by atoms with Crippen molar-refractivity contribution in [2.24, 2.45) is 0 Å². The molecular formula is C15H14N2O3. The van der Waals surface area contributed by atoms with Crippen LogP contribution >= 0.6 is 0 Å². The summed E-state index contributed by atoms with van der Waals surface area (Å²) in [7, 11) is 0. The van der Waals surface area contributed by atoms with Gasteiger partial charge in [0.05, 0.1) is 6.04 Å². The van der Waals surface area contributed by atoms with Gasteiger partial charge in [0.2, 0.25) is 0 Å². The molecule has 3 rings (SSSR count). The van der Waals surface area contributed by atoms with E-state index in [0.29, 0.717) is 6.42 Å². The van der Waals surface area contributed by atoms with E-state index in [1.165, 1.54) is 6.92 Å². The fraction of sp³-hybridized carbons (Fsp3) is 0.200. The van der Waals surface area contributed by atoms with Gasteiger partial charge in [0.15, 0.2) is 5.78 Å². The number of aliphatic hydroxyl groups is 1. The molecule has 1 atom stereocenters. The van der Waals surface area contributed by atoms with Crippen LogP contribution in [-0.2, 0) is 16.0 Å². The van der Waals surface area contributed by atoms with E-state index in [4.69, 9.17) is 0 Å². The Morgan fingerprint density at radius 1 is 1.35 bits per heavy atom. The molecule has 1 aromatic carbocycles. The van der Waals surface area contributed by atoms with E-state index < -0.39 is 17.7 Å². The molecule has 1 aliphatic rings. The van der Waals surface area contributed by atoms with E-state index in [1.807, 2.05) is 30.5 Å². The first kappa shape index (κ1) is 12.5. The molecule has 5 heteroatoms. The number of Topliss-reactive ketones (excluding diaryl/α,β-unsaturated/α-hetero) is 1. The average molecular weight is 270 g/mol. The molecule has 0 aliphatic carbocycles. The molecule has 3 N–H and O–H groups in total. The van der Waals surface area contributed by atoms with Crippen molar-refractivity contribution in [1.29, 1.82) is 0 Å². The molecule has 0 saturated carbocycles. The third-order valence-corrected chi connectivity index (χ3v) is 3.57. The SMILES string of the molecule is CC(=O)C1=C(O)C(Cc2c[nH]c3ccccc23)NC1=O. The maximum Gasteiger partial charge on any atom is 0.259 e. The Kier molecular flexibility index (Phi) is 2.82. The number of H-pyrrole nitrogens is 1. The van der Waals surface area contributed by atoms with E-state index in [9.17, 15) is 14.7 Å². The Bertz CT molecular complexity index is 742. The van der Waals surface area contributed by atoms with Crippen LogP contribution in [0.4, 0.5) is 0 Å². The van der Waals surface area contributed by atoms with Gasteiger partial charge in [0.1, 0.15) is 11.3 Å². The molecule has 1 unspecified atom stereocenters. The fourth-order valence-corrected chi connectivity index (χ4v) is 2.60. The highest BCUT2D eigenvalue weighted by atomic mass is 16.3. The van der Waals surface area contributed by atoms with Crippen molar-refractivity contribution in [3.8, 4) is 0 Å². The number of carbonyl (C=O) groups excluding carboxylic acids is 2. The zero-order valence-corrected chi connectivity index (χ0v) is 10.9. The lowest BCUT2D eigenvalue weighted by molar-refractivity contribution is -0.121. The van der Waals surface area contributed by atoms with E-state index >= 15 is 0 Å². The standard InChI is InChI=1S/C15H14N2O3/c1-8(18)13-14(19)12(17-15(13)20)6-9-7-16-11-5-3-2-4-10(9)11/h2-5,7,12,16,19H,6H2,1H3,(H,17,20). The minimum absolute atomic E-state index is 0.130. The molecule has 0 saturated heterocycles. The first-order valence-electron chi connectivity index (χ1n) is 6.38. The summed E-state index contributed by atoms with van der Waals surface area (Å²) in [6.45, 7) is 1.28. The van der Waals surface area contributed by atoms with Crippen molar-refractivity contribution in [3.63, 3.8) is 0 Å². The fourth-order valence-electron chi connectivity index (χ4n) is 2.60. The number of amides is 1. The van der Waals surface area contributed by atoms with Crippen LogP contribution < -0.4 is 5.32 Å². The van der Waals surface area contributed by atoms with Crippen LogP contribution in [-0.4, -0.2) is 27.8 Å². The van der Waals surface area contributed by atoms with Gasteiger partial charge in [-0.25, -0.2) is 0 Å². The van der Waals surface area contributed by atoms with Crippen LogP contribution in [0.5, 0.6) is 0 Å². The Balaban J connectivity index is 1.93. The second-order valence-electron chi connectivity index (χ2n) is 4.91. The highest BCUT2D eigenvalue weighted by molar-refractivity contribution is 6.20. The van der Waals surface area contributed by atoms with E-state index in [-0.39, 0.29) is 11.3 Å². The van der Waals surface area contributed by atoms with Crippen LogP contribution in [0.3, 0.4) is 0 Å². The highest BCUT2D eigenvalue weighted by Crippen LogP contribution is 2.24. The summed E-state index contributed by atoms with van der Waals surface area (Å²) in [5.74, 6) is -1.07. The number of ketones is 1. The van der Waals surface area contributed by atoms with Crippen LogP contribution in [0.15, 0.2) is 41.8 Å². The van der Waals surface area contributed by atoms with Gasteiger partial charge in [-0.1, -0.05) is 18.2 Å². The van der Waals surface area contributed by atoms with Gasteiger partial charge in [-0.15, -0.1) is 0 Å². The molecule has 0 bridgehead atoms. The van der Waals surface area contributed by atoms with E-state index in [1.54, 1.807) is 0 Å². The predicted octanol–water partition coefficient (Wildman–Crippen LogP) is 1.61. The van der Waals surface area contributed by atoms with Crippen molar-refractivity contribution in [1.82, 2.24) is 10.3 Å². The van der Waals surface area contributed by atoms with E-state index in [0.717, 1.165) is 16.5 Å². The Hall–Kier alpha value is -2.56. The number of nitrogens with one attached hydrogen (secondary N) is 2. The van der Waals surface area contributed by atoms with Crippen LogP contribution in [0, 0.1) is 0 Å². The third kappa shape index (κ3) is 1.87. The summed E-state index contributed by atoms with van der Waals surface area (Å²) >= 11 is 0. The number of carbonyl (C=O) groups is 2. The maximum absolute atomic E-state index is 11.7. The van der Waals surface area contributed by atoms with Crippen LogP contribution in [0.1, 0.15) is 12.5 Å². The quantitative estimate of drug-likeness (QED) is 0.741. The molecule has 2 aromatic rings. The number of aliphatic hydroxyl groups excluding tert-OH is 1. The Labute approximate surface area is 115 Å². The first-order valence-corrected chi connectivity index (χ1v) is 6.38. The predicted molar refractivity (Wildman–Crippen MR) is 74.3 cm³/mol. The molecule has 1 amide bonds. The molecule has 1 aliphatic heterocycles. The second kappa shape index (κ2) is 4.52. The number of hydrogen-bond acceptors (Lipinski definition) is 3.